The molecule has 1 fully saturated rings. The number of ether oxygens (including phenoxy) is 1. The summed E-state index contributed by atoms with van der Waals surface area (Å²) >= 11 is 4.73. The van der Waals surface area contributed by atoms with Crippen LogP contribution in [0.3, 0.4) is 0 Å². The Balaban J connectivity index is 2.24. The quantitative estimate of drug-likeness (QED) is 0.844. The van der Waals surface area contributed by atoms with E-state index in [2.05, 4.69) is 6.92 Å². The van der Waals surface area contributed by atoms with Crippen molar-refractivity contribution in [2.45, 2.75) is 44.9 Å². The number of alkyl halides is 3. The van der Waals surface area contributed by atoms with Crippen molar-refractivity contribution in [2.24, 2.45) is 11.7 Å². The van der Waals surface area contributed by atoms with Crippen molar-refractivity contribution in [2.75, 3.05) is 0 Å². The number of nitrogens with two attached hydrogens (primary N) is 1. The van der Waals surface area contributed by atoms with Gasteiger partial charge in [-0.25, -0.2) is 0 Å². The number of hydrogen-bond donors (Lipinski definition) is 1. The molecule has 2 N–H and O–H groups in total. The number of halogens is 3. The molecule has 1 saturated carbocycles. The van der Waals surface area contributed by atoms with Crippen LogP contribution in [0.1, 0.15) is 43.7 Å². The lowest BCUT2D eigenvalue weighted by Gasteiger charge is -2.28. The van der Waals surface area contributed by atoms with Crippen LogP contribution in [0.4, 0.5) is 13.2 Å². The van der Waals surface area contributed by atoms with Gasteiger partial charge in [-0.15, -0.1) is 0 Å². The summed E-state index contributed by atoms with van der Waals surface area (Å²) in [5.41, 5.74) is 4.78. The van der Waals surface area contributed by atoms with Crippen molar-refractivity contribution in [3.63, 3.8) is 0 Å². The summed E-state index contributed by atoms with van der Waals surface area (Å²) in [5.74, 6) is 0.478. The highest BCUT2D eigenvalue weighted by atomic mass is 32.1. The molecule has 21 heavy (non-hydrogen) atoms. The molecule has 2 nitrogen and oxygen atoms in total. The fraction of sp³-hybridized carbons (Fsp3) is 0.533. The molecule has 6 heteroatoms. The highest BCUT2D eigenvalue weighted by Gasteiger charge is 2.35. The molecule has 1 aliphatic carbocycles. The van der Waals surface area contributed by atoms with Crippen molar-refractivity contribution < 1.29 is 17.9 Å². The Hall–Kier alpha value is -1.30. The van der Waals surface area contributed by atoms with Crippen LogP contribution in [-0.2, 0) is 6.18 Å². The lowest BCUT2D eigenvalue weighted by molar-refractivity contribution is -0.139. The van der Waals surface area contributed by atoms with Crippen LogP contribution in [0.25, 0.3) is 0 Å². The highest BCUT2D eigenvalue weighted by Crippen LogP contribution is 2.38. The summed E-state index contributed by atoms with van der Waals surface area (Å²) in [7, 11) is 0. The van der Waals surface area contributed by atoms with E-state index in [0.29, 0.717) is 5.92 Å². The van der Waals surface area contributed by atoms with E-state index in [-0.39, 0.29) is 22.4 Å². The second-order valence-electron chi connectivity index (χ2n) is 5.57. The lowest BCUT2D eigenvalue weighted by Crippen LogP contribution is -2.24. The molecule has 0 amide bonds. The summed E-state index contributed by atoms with van der Waals surface area (Å²) in [6.07, 6.45) is -1.10. The van der Waals surface area contributed by atoms with Crippen LogP contribution in [-0.4, -0.2) is 11.1 Å². The zero-order valence-electron chi connectivity index (χ0n) is 11.7. The molecule has 0 atom stereocenters. The second kappa shape index (κ2) is 6.22. The molecule has 0 aromatic heterocycles. The first kappa shape index (κ1) is 16.1. The number of benzene rings is 1. The molecule has 0 saturated heterocycles. The fourth-order valence-electron chi connectivity index (χ4n) is 2.53. The zero-order valence-corrected chi connectivity index (χ0v) is 12.6. The summed E-state index contributed by atoms with van der Waals surface area (Å²) in [5, 5.41) is 0. The largest absolute Gasteiger partial charge is 0.490 e. The van der Waals surface area contributed by atoms with Crippen molar-refractivity contribution >= 4 is 17.2 Å². The van der Waals surface area contributed by atoms with Crippen molar-refractivity contribution in [3.8, 4) is 5.75 Å². The summed E-state index contributed by atoms with van der Waals surface area (Å²) < 4.78 is 45.0. The molecule has 1 aromatic carbocycles. The predicted octanol–water partition coefficient (Wildman–Crippen LogP) is 4.30. The molecule has 0 aliphatic heterocycles. The summed E-state index contributed by atoms with van der Waals surface area (Å²) in [6.45, 7) is 2.15. The van der Waals surface area contributed by atoms with Crippen LogP contribution in [0, 0.1) is 5.92 Å². The van der Waals surface area contributed by atoms with E-state index in [4.69, 9.17) is 22.7 Å². The van der Waals surface area contributed by atoms with Gasteiger partial charge in [-0.05, 0) is 49.8 Å². The molecule has 0 spiro atoms. The maximum Gasteiger partial charge on any atom is 0.419 e. The van der Waals surface area contributed by atoms with E-state index in [1.165, 1.54) is 12.1 Å². The van der Waals surface area contributed by atoms with Crippen molar-refractivity contribution in [1.82, 2.24) is 0 Å². The molecular weight excluding hydrogens is 299 g/mol. The second-order valence-corrected chi connectivity index (χ2v) is 6.01. The van der Waals surface area contributed by atoms with E-state index >= 15 is 0 Å². The predicted molar refractivity (Wildman–Crippen MR) is 79.4 cm³/mol. The maximum atomic E-state index is 13.1. The molecule has 0 bridgehead atoms. The molecular formula is C15H18F3NOS. The Morgan fingerprint density at radius 1 is 1.24 bits per heavy atom. The van der Waals surface area contributed by atoms with E-state index in [1.54, 1.807) is 0 Å². The average molecular weight is 317 g/mol. The molecule has 116 valence electrons. The Labute approximate surface area is 127 Å². The van der Waals surface area contributed by atoms with Gasteiger partial charge in [0.1, 0.15) is 10.7 Å². The summed E-state index contributed by atoms with van der Waals surface area (Å²) in [6, 6.07) is 3.75. The first-order valence-electron chi connectivity index (χ1n) is 6.95. The van der Waals surface area contributed by atoms with E-state index < -0.39 is 11.7 Å². The smallest absolute Gasteiger partial charge is 0.419 e. The van der Waals surface area contributed by atoms with Crippen LogP contribution in [0.2, 0.25) is 0 Å². The number of hydrogen-bond acceptors (Lipinski definition) is 2. The third kappa shape index (κ3) is 4.09. The Kier molecular flexibility index (Phi) is 4.76. The van der Waals surface area contributed by atoms with Crippen LogP contribution in [0.15, 0.2) is 18.2 Å². The highest BCUT2D eigenvalue weighted by molar-refractivity contribution is 7.80. The minimum absolute atomic E-state index is 0.0569. The first-order chi connectivity index (χ1) is 9.77. The van der Waals surface area contributed by atoms with Crippen LogP contribution in [0.5, 0.6) is 5.75 Å². The minimum atomic E-state index is -4.49. The third-order valence-electron chi connectivity index (χ3n) is 3.83. The van der Waals surface area contributed by atoms with Crippen LogP contribution < -0.4 is 10.5 Å². The van der Waals surface area contributed by atoms with Gasteiger partial charge >= 0.3 is 6.18 Å². The van der Waals surface area contributed by atoms with E-state index in [9.17, 15) is 13.2 Å². The first-order valence-corrected chi connectivity index (χ1v) is 7.36. The topological polar surface area (TPSA) is 35.2 Å². The normalized spacial score (nSPS) is 22.9. The van der Waals surface area contributed by atoms with Gasteiger partial charge in [0.2, 0.25) is 0 Å². The van der Waals surface area contributed by atoms with Gasteiger partial charge in [-0.2, -0.15) is 13.2 Å². The van der Waals surface area contributed by atoms with Gasteiger partial charge in [0, 0.05) is 5.56 Å². The van der Waals surface area contributed by atoms with Crippen molar-refractivity contribution in [1.29, 1.82) is 0 Å². The standard InChI is InChI=1S/C15H18F3NOS/c1-9-2-5-11(6-3-9)20-13-7-4-10(14(19)21)8-12(13)15(16,17)18/h4,7-9,11H,2-3,5-6H2,1H3,(H2,19,21). The number of rotatable bonds is 3. The lowest BCUT2D eigenvalue weighted by atomic mass is 9.89. The van der Waals surface area contributed by atoms with Gasteiger partial charge in [0.15, 0.2) is 0 Å². The Morgan fingerprint density at radius 2 is 1.86 bits per heavy atom. The zero-order chi connectivity index (χ0) is 15.6. The SMILES string of the molecule is CC1CCC(Oc2ccc(C(N)=S)cc2C(F)(F)F)CC1. The fourth-order valence-corrected chi connectivity index (χ4v) is 2.66. The van der Waals surface area contributed by atoms with Gasteiger partial charge < -0.3 is 10.5 Å². The molecule has 1 aliphatic rings. The summed E-state index contributed by atoms with van der Waals surface area (Å²) in [4.78, 5) is -0.0569. The molecule has 1 aromatic rings. The molecule has 0 heterocycles. The number of thiocarbonyl (C=S) groups is 1. The molecule has 0 radical (unpaired) electrons. The van der Waals surface area contributed by atoms with Gasteiger partial charge in [0.25, 0.3) is 0 Å². The third-order valence-corrected chi connectivity index (χ3v) is 4.06. The monoisotopic (exact) mass is 317 g/mol. The molecule has 2 rings (SSSR count). The maximum absolute atomic E-state index is 13.1. The van der Waals surface area contributed by atoms with E-state index in [0.717, 1.165) is 31.7 Å². The van der Waals surface area contributed by atoms with Gasteiger partial charge in [-0.1, -0.05) is 19.1 Å². The van der Waals surface area contributed by atoms with Gasteiger partial charge in [0.05, 0.1) is 11.7 Å². The average Bonchev–Trinajstić information content (AvgIpc) is 2.40. The Morgan fingerprint density at radius 3 is 2.38 bits per heavy atom. The molecule has 0 unspecified atom stereocenters. The van der Waals surface area contributed by atoms with E-state index in [1.807, 2.05) is 0 Å². The Bertz CT molecular complexity index is 522. The van der Waals surface area contributed by atoms with Crippen molar-refractivity contribution in [3.05, 3.63) is 29.3 Å². The minimum Gasteiger partial charge on any atom is -0.490 e. The van der Waals surface area contributed by atoms with Crippen LogP contribution >= 0.6 is 12.2 Å². The van der Waals surface area contributed by atoms with Gasteiger partial charge in [-0.3, -0.25) is 0 Å².